The number of aromatic nitrogens is 2. The molecule has 50 valence electrons. The maximum Gasteiger partial charge on any atom is 0.126 e. The predicted octanol–water partition coefficient (Wildman–Crippen LogP) is 1.48. The van der Waals surface area contributed by atoms with Crippen LogP contribution in [0.25, 0.3) is 0 Å². The Bertz CT molecular complexity index is 241. The van der Waals surface area contributed by atoms with E-state index in [2.05, 4.69) is 16.0 Å². The van der Waals surface area contributed by atoms with Crippen LogP contribution in [0.3, 0.4) is 0 Å². The molecule has 0 saturated heterocycles. The van der Waals surface area contributed by atoms with Crippen LogP contribution in [-0.2, 0) is 0 Å². The van der Waals surface area contributed by atoms with Crippen molar-refractivity contribution in [1.29, 1.82) is 5.26 Å². The van der Waals surface area contributed by atoms with Crippen LogP contribution in [0.5, 0.6) is 0 Å². The molecular formula is C6H4IN3. The minimum atomic E-state index is -0.140. The highest BCUT2D eigenvalue weighted by Crippen LogP contribution is 2.19. The Morgan fingerprint density at radius 3 is 2.60 bits per heavy atom. The molecule has 0 saturated carbocycles. The summed E-state index contributed by atoms with van der Waals surface area (Å²) in [5, 5.41) is 8.48. The zero-order chi connectivity index (χ0) is 7.40. The highest BCUT2D eigenvalue weighted by Gasteiger charge is 2.03. The van der Waals surface area contributed by atoms with Crippen LogP contribution in [-0.4, -0.2) is 9.97 Å². The van der Waals surface area contributed by atoms with Gasteiger partial charge in [-0.05, 0) is 0 Å². The third kappa shape index (κ3) is 1.64. The number of hydrogen-bond acceptors (Lipinski definition) is 3. The SMILES string of the molecule is N#CC(I)c1cncnc1. The summed E-state index contributed by atoms with van der Waals surface area (Å²) < 4.78 is -0.140. The molecule has 1 heterocycles. The van der Waals surface area contributed by atoms with Crippen LogP contribution in [0.2, 0.25) is 0 Å². The van der Waals surface area contributed by atoms with E-state index in [1.807, 2.05) is 22.6 Å². The van der Waals surface area contributed by atoms with Crippen molar-refractivity contribution >= 4 is 22.6 Å². The van der Waals surface area contributed by atoms with E-state index in [1.165, 1.54) is 6.33 Å². The zero-order valence-electron chi connectivity index (χ0n) is 5.03. The van der Waals surface area contributed by atoms with E-state index < -0.39 is 0 Å². The highest BCUT2D eigenvalue weighted by atomic mass is 127. The molecule has 0 radical (unpaired) electrons. The molecule has 0 fully saturated rings. The fourth-order valence-electron chi connectivity index (χ4n) is 0.516. The molecule has 0 aliphatic heterocycles. The number of nitriles is 1. The van der Waals surface area contributed by atoms with Crippen molar-refractivity contribution in [2.24, 2.45) is 0 Å². The second kappa shape index (κ2) is 3.46. The monoisotopic (exact) mass is 245 g/mol. The molecule has 0 aromatic carbocycles. The molecule has 0 aliphatic rings. The molecule has 1 rings (SSSR count). The summed E-state index contributed by atoms with van der Waals surface area (Å²) in [5.74, 6) is 0. The summed E-state index contributed by atoms with van der Waals surface area (Å²) in [5.41, 5.74) is 0.852. The smallest absolute Gasteiger partial charge is 0.126 e. The lowest BCUT2D eigenvalue weighted by molar-refractivity contribution is 1.10. The zero-order valence-corrected chi connectivity index (χ0v) is 7.19. The molecule has 10 heavy (non-hydrogen) atoms. The van der Waals surface area contributed by atoms with E-state index in [9.17, 15) is 0 Å². The maximum absolute atomic E-state index is 8.48. The molecule has 4 heteroatoms. The first-order valence-electron chi connectivity index (χ1n) is 2.63. The minimum absolute atomic E-state index is 0.140. The fraction of sp³-hybridized carbons (Fsp3) is 0.167. The first kappa shape index (κ1) is 7.41. The Kier molecular flexibility index (Phi) is 2.57. The van der Waals surface area contributed by atoms with Gasteiger partial charge in [0.05, 0.1) is 6.07 Å². The van der Waals surface area contributed by atoms with Gasteiger partial charge in [0.1, 0.15) is 10.3 Å². The average Bonchev–Trinajstić information content (AvgIpc) is 2.05. The van der Waals surface area contributed by atoms with Crippen molar-refractivity contribution in [3.05, 3.63) is 24.3 Å². The quantitative estimate of drug-likeness (QED) is 0.556. The van der Waals surface area contributed by atoms with E-state index in [1.54, 1.807) is 12.4 Å². The van der Waals surface area contributed by atoms with Crippen LogP contribution in [0.1, 0.15) is 9.49 Å². The molecule has 0 N–H and O–H groups in total. The number of nitrogens with zero attached hydrogens (tertiary/aromatic N) is 3. The normalized spacial score (nSPS) is 12.0. The Morgan fingerprint density at radius 2 is 2.10 bits per heavy atom. The van der Waals surface area contributed by atoms with Gasteiger partial charge in [0.25, 0.3) is 0 Å². The molecular weight excluding hydrogens is 241 g/mol. The van der Waals surface area contributed by atoms with E-state index in [-0.39, 0.29) is 3.92 Å². The molecule has 0 aliphatic carbocycles. The van der Waals surface area contributed by atoms with Crippen molar-refractivity contribution in [2.75, 3.05) is 0 Å². The molecule has 1 atom stereocenters. The molecule has 1 aromatic rings. The van der Waals surface area contributed by atoms with E-state index >= 15 is 0 Å². The van der Waals surface area contributed by atoms with Gasteiger partial charge in [0.15, 0.2) is 0 Å². The third-order valence-electron chi connectivity index (χ3n) is 0.987. The highest BCUT2D eigenvalue weighted by molar-refractivity contribution is 14.1. The van der Waals surface area contributed by atoms with E-state index in [0.717, 1.165) is 5.56 Å². The summed E-state index contributed by atoms with van der Waals surface area (Å²) in [7, 11) is 0. The predicted molar refractivity (Wildman–Crippen MR) is 44.4 cm³/mol. The van der Waals surface area contributed by atoms with Crippen molar-refractivity contribution in [1.82, 2.24) is 9.97 Å². The van der Waals surface area contributed by atoms with Crippen LogP contribution < -0.4 is 0 Å². The fourth-order valence-corrected chi connectivity index (χ4v) is 0.838. The van der Waals surface area contributed by atoms with Crippen molar-refractivity contribution in [3.63, 3.8) is 0 Å². The summed E-state index contributed by atoms with van der Waals surface area (Å²) >= 11 is 2.03. The third-order valence-corrected chi connectivity index (χ3v) is 1.98. The molecule has 1 aromatic heterocycles. The first-order valence-corrected chi connectivity index (χ1v) is 3.87. The van der Waals surface area contributed by atoms with E-state index in [4.69, 9.17) is 5.26 Å². The topological polar surface area (TPSA) is 49.6 Å². The second-order valence-corrected chi connectivity index (χ2v) is 2.91. The van der Waals surface area contributed by atoms with Gasteiger partial charge < -0.3 is 0 Å². The van der Waals surface area contributed by atoms with E-state index in [0.29, 0.717) is 0 Å². The Balaban J connectivity index is 2.88. The van der Waals surface area contributed by atoms with Gasteiger partial charge in [0.2, 0.25) is 0 Å². The lowest BCUT2D eigenvalue weighted by Gasteiger charge is -1.95. The van der Waals surface area contributed by atoms with Crippen molar-refractivity contribution in [2.45, 2.75) is 3.92 Å². The Labute approximate surface area is 72.3 Å². The maximum atomic E-state index is 8.48. The Hall–Kier alpha value is -0.700. The van der Waals surface area contributed by atoms with Gasteiger partial charge in [-0.25, -0.2) is 9.97 Å². The van der Waals surface area contributed by atoms with Gasteiger partial charge >= 0.3 is 0 Å². The molecule has 0 bridgehead atoms. The number of hydrogen-bond donors (Lipinski definition) is 0. The summed E-state index contributed by atoms with van der Waals surface area (Å²) in [6.45, 7) is 0. The molecule has 3 nitrogen and oxygen atoms in total. The Morgan fingerprint density at radius 1 is 1.50 bits per heavy atom. The number of rotatable bonds is 1. The van der Waals surface area contributed by atoms with Crippen molar-refractivity contribution < 1.29 is 0 Å². The number of halogens is 1. The van der Waals surface area contributed by atoms with Gasteiger partial charge in [-0.15, -0.1) is 0 Å². The molecule has 0 spiro atoms. The van der Waals surface area contributed by atoms with Gasteiger partial charge in [-0.3, -0.25) is 0 Å². The summed E-state index contributed by atoms with van der Waals surface area (Å²) in [6.07, 6.45) is 4.74. The van der Waals surface area contributed by atoms with Crippen LogP contribution >= 0.6 is 22.6 Å². The second-order valence-electron chi connectivity index (χ2n) is 1.66. The van der Waals surface area contributed by atoms with Gasteiger partial charge in [-0.1, -0.05) is 22.6 Å². The lowest BCUT2D eigenvalue weighted by Crippen LogP contribution is -1.87. The van der Waals surface area contributed by atoms with Crippen molar-refractivity contribution in [3.8, 4) is 6.07 Å². The van der Waals surface area contributed by atoms with Crippen LogP contribution in [0, 0.1) is 11.3 Å². The molecule has 0 amide bonds. The number of alkyl halides is 1. The average molecular weight is 245 g/mol. The summed E-state index contributed by atoms with van der Waals surface area (Å²) in [4.78, 5) is 7.57. The largest absolute Gasteiger partial charge is 0.244 e. The van der Waals surface area contributed by atoms with Gasteiger partial charge in [-0.2, -0.15) is 5.26 Å². The molecule has 1 unspecified atom stereocenters. The van der Waals surface area contributed by atoms with Crippen LogP contribution in [0.15, 0.2) is 18.7 Å². The van der Waals surface area contributed by atoms with Gasteiger partial charge in [0, 0.05) is 18.0 Å². The first-order chi connectivity index (χ1) is 4.84. The lowest BCUT2D eigenvalue weighted by atomic mass is 10.3. The standard InChI is InChI=1S/C6H4IN3/c7-6(1-8)5-2-9-4-10-3-5/h2-4,6H. The summed E-state index contributed by atoms with van der Waals surface area (Å²) in [6, 6.07) is 2.09. The van der Waals surface area contributed by atoms with Crippen LogP contribution in [0.4, 0.5) is 0 Å². The minimum Gasteiger partial charge on any atom is -0.244 e.